The molecule has 0 amide bonds. The second-order valence-electron chi connectivity index (χ2n) is 2.96. The highest BCUT2D eigenvalue weighted by molar-refractivity contribution is 5.88. The zero-order valence-corrected chi connectivity index (χ0v) is 7.80. The topological polar surface area (TPSA) is 52.3 Å². The molecule has 0 saturated heterocycles. The third-order valence-electron chi connectivity index (χ3n) is 1.54. The van der Waals surface area contributed by atoms with E-state index in [2.05, 4.69) is 6.58 Å². The number of hydrogen-bond donors (Lipinski definition) is 1. The van der Waals surface area contributed by atoms with Gasteiger partial charge in [-0.3, -0.25) is 0 Å². The highest BCUT2D eigenvalue weighted by Crippen LogP contribution is 2.08. The molecule has 0 rings (SSSR count). The summed E-state index contributed by atoms with van der Waals surface area (Å²) in [5.41, 5.74) is 5.76. The lowest BCUT2D eigenvalue weighted by Gasteiger charge is -2.08. The first kappa shape index (κ1) is 11.2. The third kappa shape index (κ3) is 4.13. The first-order valence-electron chi connectivity index (χ1n) is 4.15. The maximum atomic E-state index is 11.1. The Morgan fingerprint density at radius 1 is 1.58 bits per heavy atom. The van der Waals surface area contributed by atoms with Crippen LogP contribution in [0.4, 0.5) is 0 Å². The molecular weight excluding hydrogens is 154 g/mol. The lowest BCUT2D eigenvalue weighted by molar-refractivity contribution is -0.139. The Morgan fingerprint density at radius 2 is 2.17 bits per heavy atom. The predicted molar refractivity (Wildman–Crippen MR) is 48.6 cm³/mol. The van der Waals surface area contributed by atoms with Crippen molar-refractivity contribution in [3.8, 4) is 0 Å². The van der Waals surface area contributed by atoms with Gasteiger partial charge < -0.3 is 10.5 Å². The van der Waals surface area contributed by atoms with Crippen molar-refractivity contribution >= 4 is 5.97 Å². The van der Waals surface area contributed by atoms with Crippen LogP contribution in [0.3, 0.4) is 0 Å². The Kier molecular flexibility index (Phi) is 5.37. The Balaban J connectivity index is 3.65. The summed E-state index contributed by atoms with van der Waals surface area (Å²) in [6.07, 6.45) is 0.705. The zero-order chi connectivity index (χ0) is 9.56. The van der Waals surface area contributed by atoms with E-state index < -0.39 is 0 Å². The number of carbonyl (C=O) groups is 1. The van der Waals surface area contributed by atoms with Gasteiger partial charge in [-0.15, -0.1) is 0 Å². The molecule has 0 atom stereocenters. The van der Waals surface area contributed by atoms with Crippen molar-refractivity contribution < 1.29 is 9.53 Å². The van der Waals surface area contributed by atoms with Gasteiger partial charge in [-0.25, -0.2) is 4.79 Å². The number of esters is 1. The van der Waals surface area contributed by atoms with Crippen molar-refractivity contribution in [2.24, 2.45) is 11.7 Å². The molecule has 0 radical (unpaired) electrons. The first-order valence-corrected chi connectivity index (χ1v) is 4.15. The average molecular weight is 171 g/mol. The Hall–Kier alpha value is -0.830. The molecule has 0 aliphatic heterocycles. The minimum absolute atomic E-state index is 0.148. The van der Waals surface area contributed by atoms with E-state index in [0.29, 0.717) is 25.1 Å². The largest absolute Gasteiger partial charge is 0.462 e. The van der Waals surface area contributed by atoms with Crippen LogP contribution >= 0.6 is 0 Å². The lowest BCUT2D eigenvalue weighted by Crippen LogP contribution is -2.13. The van der Waals surface area contributed by atoms with Crippen LogP contribution in [-0.2, 0) is 9.53 Å². The quantitative estimate of drug-likeness (QED) is 0.383. The molecule has 3 heteroatoms. The van der Waals surface area contributed by atoms with E-state index in [1.165, 1.54) is 0 Å². The second-order valence-corrected chi connectivity index (χ2v) is 2.96. The van der Waals surface area contributed by atoms with Gasteiger partial charge in [0.25, 0.3) is 0 Å². The van der Waals surface area contributed by atoms with Crippen molar-refractivity contribution in [1.82, 2.24) is 0 Å². The van der Waals surface area contributed by atoms with Gasteiger partial charge in [0.05, 0.1) is 6.61 Å². The Morgan fingerprint density at radius 3 is 2.58 bits per heavy atom. The van der Waals surface area contributed by atoms with Crippen molar-refractivity contribution in [1.29, 1.82) is 0 Å². The second kappa shape index (κ2) is 5.77. The SMILES string of the molecule is C=C(C(=O)OCCCN)C(C)C. The summed E-state index contributed by atoms with van der Waals surface area (Å²) >= 11 is 0. The van der Waals surface area contributed by atoms with Gasteiger partial charge in [-0.05, 0) is 18.9 Å². The summed E-state index contributed by atoms with van der Waals surface area (Å²) in [4.78, 5) is 11.1. The zero-order valence-electron chi connectivity index (χ0n) is 7.80. The molecule has 0 spiro atoms. The monoisotopic (exact) mass is 171 g/mol. The number of hydrogen-bond acceptors (Lipinski definition) is 3. The van der Waals surface area contributed by atoms with Gasteiger partial charge in [-0.2, -0.15) is 0 Å². The van der Waals surface area contributed by atoms with Crippen LogP contribution in [-0.4, -0.2) is 19.1 Å². The molecule has 0 aliphatic carbocycles. The summed E-state index contributed by atoms with van der Waals surface area (Å²) in [6.45, 7) is 8.38. The molecule has 3 nitrogen and oxygen atoms in total. The van der Waals surface area contributed by atoms with Gasteiger partial charge in [0, 0.05) is 5.57 Å². The molecule has 2 N–H and O–H groups in total. The van der Waals surface area contributed by atoms with Crippen LogP contribution in [0.25, 0.3) is 0 Å². The Bertz CT molecular complexity index is 164. The summed E-state index contributed by atoms with van der Waals surface area (Å²) in [6, 6.07) is 0. The van der Waals surface area contributed by atoms with Crippen LogP contribution in [0, 0.1) is 5.92 Å². The summed E-state index contributed by atoms with van der Waals surface area (Å²) in [5, 5.41) is 0. The van der Waals surface area contributed by atoms with E-state index in [1.807, 2.05) is 13.8 Å². The molecule has 0 aromatic rings. The van der Waals surface area contributed by atoms with Crippen LogP contribution in [0.2, 0.25) is 0 Å². The van der Waals surface area contributed by atoms with Crippen molar-refractivity contribution in [2.75, 3.05) is 13.2 Å². The van der Waals surface area contributed by atoms with E-state index >= 15 is 0 Å². The molecule has 0 unspecified atom stereocenters. The maximum absolute atomic E-state index is 11.1. The minimum Gasteiger partial charge on any atom is -0.462 e. The lowest BCUT2D eigenvalue weighted by atomic mass is 10.1. The fourth-order valence-corrected chi connectivity index (χ4v) is 0.577. The van der Waals surface area contributed by atoms with Gasteiger partial charge in [-0.1, -0.05) is 20.4 Å². The van der Waals surface area contributed by atoms with Crippen LogP contribution in [0.15, 0.2) is 12.2 Å². The molecular formula is C9H17NO2. The molecule has 12 heavy (non-hydrogen) atoms. The van der Waals surface area contributed by atoms with Crippen molar-refractivity contribution in [2.45, 2.75) is 20.3 Å². The van der Waals surface area contributed by atoms with E-state index in [1.54, 1.807) is 0 Å². The van der Waals surface area contributed by atoms with E-state index in [4.69, 9.17) is 10.5 Å². The standard InChI is InChI=1S/C9H17NO2/c1-7(2)8(3)9(11)12-6-4-5-10/h7H,3-6,10H2,1-2H3. The third-order valence-corrected chi connectivity index (χ3v) is 1.54. The van der Waals surface area contributed by atoms with Crippen LogP contribution in [0.1, 0.15) is 20.3 Å². The normalized spacial score (nSPS) is 10.0. The van der Waals surface area contributed by atoms with Gasteiger partial charge >= 0.3 is 5.97 Å². The molecule has 0 aliphatic rings. The first-order chi connectivity index (χ1) is 5.59. The van der Waals surface area contributed by atoms with E-state index in [9.17, 15) is 4.79 Å². The van der Waals surface area contributed by atoms with E-state index in [0.717, 1.165) is 0 Å². The maximum Gasteiger partial charge on any atom is 0.333 e. The van der Waals surface area contributed by atoms with Crippen LogP contribution < -0.4 is 5.73 Å². The molecule has 0 saturated carbocycles. The molecule has 0 bridgehead atoms. The average Bonchev–Trinajstić information content (AvgIpc) is 2.03. The molecule has 70 valence electrons. The predicted octanol–water partition coefficient (Wildman–Crippen LogP) is 1.09. The minimum atomic E-state index is -0.307. The smallest absolute Gasteiger partial charge is 0.333 e. The van der Waals surface area contributed by atoms with Crippen molar-refractivity contribution in [3.05, 3.63) is 12.2 Å². The molecule has 0 aromatic heterocycles. The highest BCUT2D eigenvalue weighted by atomic mass is 16.5. The van der Waals surface area contributed by atoms with Crippen molar-refractivity contribution in [3.63, 3.8) is 0 Å². The fraction of sp³-hybridized carbons (Fsp3) is 0.667. The van der Waals surface area contributed by atoms with Gasteiger partial charge in [0.2, 0.25) is 0 Å². The Labute approximate surface area is 73.6 Å². The summed E-state index contributed by atoms with van der Waals surface area (Å²) < 4.78 is 4.89. The summed E-state index contributed by atoms with van der Waals surface area (Å²) in [5.74, 6) is -0.158. The van der Waals surface area contributed by atoms with Crippen LogP contribution in [0.5, 0.6) is 0 Å². The van der Waals surface area contributed by atoms with E-state index in [-0.39, 0.29) is 11.9 Å². The number of ether oxygens (including phenoxy) is 1. The number of nitrogens with two attached hydrogens (primary N) is 1. The molecule has 0 aromatic carbocycles. The van der Waals surface area contributed by atoms with Gasteiger partial charge in [0.1, 0.15) is 0 Å². The number of carbonyl (C=O) groups excluding carboxylic acids is 1. The summed E-state index contributed by atoms with van der Waals surface area (Å²) in [7, 11) is 0. The fourth-order valence-electron chi connectivity index (χ4n) is 0.577. The molecule has 0 fully saturated rings. The molecule has 0 heterocycles. The van der Waals surface area contributed by atoms with Gasteiger partial charge in [0.15, 0.2) is 0 Å². The highest BCUT2D eigenvalue weighted by Gasteiger charge is 2.10. The number of rotatable bonds is 5.